The van der Waals surface area contributed by atoms with Crippen molar-refractivity contribution in [3.05, 3.63) is 54.2 Å². The number of anilines is 1. The first-order chi connectivity index (χ1) is 23.7. The molecule has 264 valence electrons. The number of nitrogens with zero attached hydrogens (tertiary/aromatic N) is 7. The minimum Gasteiger partial charge on any atom is -0.495 e. The first kappa shape index (κ1) is 34.9. The Labute approximate surface area is 291 Å². The molecule has 0 atom stereocenters. The molecule has 3 aliphatic rings. The number of likely N-dealkylation sites (N-methyl/N-ethyl adjacent to an activating group) is 1. The number of piperazine rings is 1. The van der Waals surface area contributed by atoms with Crippen LogP contribution in [0.4, 0.5) is 10.6 Å². The highest BCUT2D eigenvalue weighted by Gasteiger charge is 2.35. The molecule has 11 heteroatoms. The Kier molecular flexibility index (Phi) is 11.2. The normalized spacial score (nSPS) is 23.3. The fraction of sp³-hybridized carbons (Fsp3) is 0.605. The second kappa shape index (κ2) is 15.7. The summed E-state index contributed by atoms with van der Waals surface area (Å²) < 4.78 is 13.3. The van der Waals surface area contributed by atoms with Crippen LogP contribution in [0.1, 0.15) is 88.6 Å². The third kappa shape index (κ3) is 8.43. The molecular formula is C38H53N7O4. The van der Waals surface area contributed by atoms with E-state index in [1.807, 2.05) is 45.8 Å². The summed E-state index contributed by atoms with van der Waals surface area (Å²) in [4.78, 5) is 42.9. The number of hydrogen-bond acceptors (Lipinski definition) is 8. The lowest BCUT2D eigenvalue weighted by Gasteiger charge is -2.36. The number of pyridine rings is 2. The number of carbonyl (C=O) groups is 2. The minimum absolute atomic E-state index is 0.126. The monoisotopic (exact) mass is 671 g/mol. The maximum Gasteiger partial charge on any atom is 0.410 e. The van der Waals surface area contributed by atoms with Crippen LogP contribution in [0.3, 0.4) is 0 Å². The van der Waals surface area contributed by atoms with E-state index in [2.05, 4.69) is 43.2 Å². The molecule has 2 amide bonds. The molecule has 0 N–H and O–H groups in total. The second-order valence-electron chi connectivity index (χ2n) is 14.5. The first-order valence-electron chi connectivity index (χ1n) is 18.2. The highest BCUT2D eigenvalue weighted by atomic mass is 16.6. The van der Waals surface area contributed by atoms with E-state index in [-0.39, 0.29) is 30.1 Å². The molecule has 0 bridgehead atoms. The zero-order valence-electron chi connectivity index (χ0n) is 29.9. The molecule has 3 aromatic rings. The van der Waals surface area contributed by atoms with Gasteiger partial charge in [0.1, 0.15) is 17.7 Å². The van der Waals surface area contributed by atoms with Crippen molar-refractivity contribution >= 4 is 17.8 Å². The molecule has 49 heavy (non-hydrogen) atoms. The SMILES string of the molecule is COc1ccc([C@H]2CC[C@H](CN(c3cc(-c4cnn(C(C)C)c4)ccn3)C(=O)[C@H]3CC[C@H](OC(=O)N4CCN(C)CC4)CC3)CC2)nc1C. The van der Waals surface area contributed by atoms with Gasteiger partial charge < -0.3 is 19.3 Å². The molecule has 2 aliphatic carbocycles. The predicted molar refractivity (Wildman–Crippen MR) is 190 cm³/mol. The van der Waals surface area contributed by atoms with Crippen LogP contribution < -0.4 is 9.64 Å². The van der Waals surface area contributed by atoms with Crippen LogP contribution >= 0.6 is 0 Å². The quantitative estimate of drug-likeness (QED) is 0.254. The van der Waals surface area contributed by atoms with E-state index < -0.39 is 0 Å². The van der Waals surface area contributed by atoms with E-state index >= 15 is 0 Å². The molecule has 3 aromatic heterocycles. The lowest BCUT2D eigenvalue weighted by molar-refractivity contribution is -0.124. The van der Waals surface area contributed by atoms with Crippen LogP contribution in [-0.4, -0.2) is 94.5 Å². The fourth-order valence-corrected chi connectivity index (χ4v) is 7.58. The van der Waals surface area contributed by atoms with Crippen molar-refractivity contribution in [2.75, 3.05) is 51.8 Å². The van der Waals surface area contributed by atoms with E-state index in [1.165, 1.54) is 0 Å². The third-order valence-electron chi connectivity index (χ3n) is 10.8. The molecule has 1 aliphatic heterocycles. The van der Waals surface area contributed by atoms with E-state index in [1.54, 1.807) is 13.3 Å². The molecule has 0 spiro atoms. The number of rotatable bonds is 9. The second-order valence-corrected chi connectivity index (χ2v) is 14.5. The van der Waals surface area contributed by atoms with Gasteiger partial charge in [0.2, 0.25) is 5.91 Å². The summed E-state index contributed by atoms with van der Waals surface area (Å²) in [6, 6.07) is 8.41. The van der Waals surface area contributed by atoms with Gasteiger partial charge in [-0.1, -0.05) is 0 Å². The molecule has 11 nitrogen and oxygen atoms in total. The van der Waals surface area contributed by atoms with Gasteiger partial charge in [-0.3, -0.25) is 19.4 Å². The zero-order chi connectivity index (χ0) is 34.5. The van der Waals surface area contributed by atoms with Crippen LogP contribution in [-0.2, 0) is 9.53 Å². The highest BCUT2D eigenvalue weighted by Crippen LogP contribution is 2.38. The van der Waals surface area contributed by atoms with Gasteiger partial charge in [-0.05, 0) is 115 Å². The number of methoxy groups -OCH3 is 1. The molecule has 0 radical (unpaired) electrons. The molecule has 0 unspecified atom stereocenters. The lowest BCUT2D eigenvalue weighted by atomic mass is 9.79. The van der Waals surface area contributed by atoms with Crippen molar-refractivity contribution in [1.29, 1.82) is 0 Å². The predicted octanol–water partition coefficient (Wildman–Crippen LogP) is 6.49. The molecule has 6 rings (SSSR count). The Hall–Kier alpha value is -3.99. The molecular weight excluding hydrogens is 618 g/mol. The highest BCUT2D eigenvalue weighted by molar-refractivity contribution is 5.94. The molecule has 1 saturated heterocycles. The van der Waals surface area contributed by atoms with Gasteiger partial charge >= 0.3 is 6.09 Å². The van der Waals surface area contributed by atoms with E-state index in [9.17, 15) is 9.59 Å². The van der Waals surface area contributed by atoms with Gasteiger partial charge in [0, 0.05) is 74.3 Å². The van der Waals surface area contributed by atoms with E-state index in [0.29, 0.717) is 63.0 Å². The van der Waals surface area contributed by atoms with Crippen LogP contribution in [0.2, 0.25) is 0 Å². The van der Waals surface area contributed by atoms with Crippen molar-refractivity contribution in [1.82, 2.24) is 29.5 Å². The summed E-state index contributed by atoms with van der Waals surface area (Å²) in [5.74, 6) is 2.29. The summed E-state index contributed by atoms with van der Waals surface area (Å²) >= 11 is 0. The Morgan fingerprint density at radius 3 is 2.35 bits per heavy atom. The van der Waals surface area contributed by atoms with E-state index in [0.717, 1.165) is 67.0 Å². The van der Waals surface area contributed by atoms with Gasteiger partial charge in [-0.15, -0.1) is 0 Å². The number of aryl methyl sites for hydroxylation is 1. The summed E-state index contributed by atoms with van der Waals surface area (Å²) in [6.07, 6.45) is 12.3. The van der Waals surface area contributed by atoms with Gasteiger partial charge in [0.05, 0.1) is 19.0 Å². The average molecular weight is 672 g/mol. The number of amides is 2. The van der Waals surface area contributed by atoms with Crippen LogP contribution in [0.25, 0.3) is 11.1 Å². The third-order valence-corrected chi connectivity index (χ3v) is 10.8. The number of hydrogen-bond donors (Lipinski definition) is 0. The van der Waals surface area contributed by atoms with Gasteiger partial charge in [-0.2, -0.15) is 5.10 Å². The Bertz CT molecular complexity index is 1570. The number of carbonyl (C=O) groups excluding carboxylic acids is 2. The standard InChI is InChI=1S/C38H53N7O4/c1-26(2)45-25-32(23-40-45)31-16-17-39-36(22-31)44(24-28-6-8-29(9-7-28)34-14-15-35(48-5)27(3)41-34)37(46)30-10-12-33(13-11-30)49-38(47)43-20-18-42(4)19-21-43/h14-17,22-23,25-26,28-30,33H,6-13,18-21,24H2,1-5H3/t28-,29-,30-,33-. The van der Waals surface area contributed by atoms with Crippen molar-refractivity contribution in [2.24, 2.45) is 11.8 Å². The largest absolute Gasteiger partial charge is 0.495 e. The van der Waals surface area contributed by atoms with Crippen LogP contribution in [0.5, 0.6) is 5.75 Å². The Morgan fingerprint density at radius 2 is 1.69 bits per heavy atom. The summed E-state index contributed by atoms with van der Waals surface area (Å²) in [6.45, 7) is 9.97. The molecule has 2 saturated carbocycles. The average Bonchev–Trinajstić information content (AvgIpc) is 3.63. The summed E-state index contributed by atoms with van der Waals surface area (Å²) in [5.41, 5.74) is 4.06. The van der Waals surface area contributed by atoms with Crippen molar-refractivity contribution in [3.8, 4) is 16.9 Å². The van der Waals surface area contributed by atoms with Crippen molar-refractivity contribution < 1.29 is 19.1 Å². The smallest absolute Gasteiger partial charge is 0.410 e. The molecule has 3 fully saturated rings. The first-order valence-corrected chi connectivity index (χ1v) is 18.2. The van der Waals surface area contributed by atoms with Gasteiger partial charge in [0.25, 0.3) is 0 Å². The Morgan fingerprint density at radius 1 is 0.959 bits per heavy atom. The van der Waals surface area contributed by atoms with Gasteiger partial charge in [0.15, 0.2) is 0 Å². The fourth-order valence-electron chi connectivity index (χ4n) is 7.58. The van der Waals surface area contributed by atoms with Crippen molar-refractivity contribution in [3.63, 3.8) is 0 Å². The number of ether oxygens (including phenoxy) is 2. The Balaban J connectivity index is 1.14. The summed E-state index contributed by atoms with van der Waals surface area (Å²) in [5, 5.41) is 4.54. The lowest BCUT2D eigenvalue weighted by Crippen LogP contribution is -2.48. The molecule has 4 heterocycles. The molecule has 0 aromatic carbocycles. The van der Waals surface area contributed by atoms with Crippen LogP contribution in [0, 0.1) is 18.8 Å². The van der Waals surface area contributed by atoms with Crippen LogP contribution in [0.15, 0.2) is 42.9 Å². The maximum atomic E-state index is 14.4. The van der Waals surface area contributed by atoms with Crippen molar-refractivity contribution in [2.45, 2.75) is 90.2 Å². The topological polar surface area (TPSA) is 106 Å². The van der Waals surface area contributed by atoms with E-state index in [4.69, 9.17) is 19.4 Å². The minimum atomic E-state index is -0.220. The zero-order valence-corrected chi connectivity index (χ0v) is 29.9. The maximum absolute atomic E-state index is 14.4. The number of aromatic nitrogens is 4. The van der Waals surface area contributed by atoms with Gasteiger partial charge in [-0.25, -0.2) is 9.78 Å². The summed E-state index contributed by atoms with van der Waals surface area (Å²) in [7, 11) is 3.75.